The summed E-state index contributed by atoms with van der Waals surface area (Å²) in [7, 11) is 0. The van der Waals surface area contributed by atoms with Crippen molar-refractivity contribution in [2.45, 2.75) is 44.0 Å². The largest absolute Gasteiger partial charge is 0.480 e. The van der Waals surface area contributed by atoms with E-state index in [1.807, 2.05) is 13.8 Å². The Balaban J connectivity index is 4.54. The van der Waals surface area contributed by atoms with Crippen LogP contribution < -0.4 is 16.4 Å². The van der Waals surface area contributed by atoms with Crippen LogP contribution in [0.2, 0.25) is 0 Å². The summed E-state index contributed by atoms with van der Waals surface area (Å²) < 4.78 is 0. The van der Waals surface area contributed by atoms with Gasteiger partial charge < -0.3 is 26.6 Å². The van der Waals surface area contributed by atoms with E-state index in [2.05, 4.69) is 10.6 Å². The van der Waals surface area contributed by atoms with Crippen LogP contribution in [-0.4, -0.2) is 63.6 Å². The Bertz CT molecular complexity index is 443. The fourth-order valence-corrected chi connectivity index (χ4v) is 2.25. The number of carbonyl (C=O) groups excluding carboxylic acids is 2. The van der Waals surface area contributed by atoms with Gasteiger partial charge in [-0.15, -0.1) is 0 Å². The number of aliphatic carboxylic acids is 2. The minimum absolute atomic E-state index is 0.0536. The van der Waals surface area contributed by atoms with Crippen molar-refractivity contribution < 1.29 is 29.4 Å². The van der Waals surface area contributed by atoms with Crippen LogP contribution in [0.3, 0.4) is 0 Å². The first-order chi connectivity index (χ1) is 10.6. The van der Waals surface area contributed by atoms with E-state index in [1.165, 1.54) is 11.8 Å². The predicted molar refractivity (Wildman–Crippen MR) is 85.0 cm³/mol. The number of hydrogen-bond donors (Lipinski definition) is 5. The molecule has 0 aliphatic rings. The van der Waals surface area contributed by atoms with Crippen LogP contribution in [0.25, 0.3) is 0 Å². The molecule has 23 heavy (non-hydrogen) atoms. The van der Waals surface area contributed by atoms with Crippen molar-refractivity contribution in [1.82, 2.24) is 10.6 Å². The van der Waals surface area contributed by atoms with E-state index in [0.717, 1.165) is 0 Å². The van der Waals surface area contributed by atoms with E-state index < -0.39 is 42.4 Å². The number of amides is 2. The van der Waals surface area contributed by atoms with Crippen molar-refractivity contribution in [1.29, 1.82) is 0 Å². The lowest BCUT2D eigenvalue weighted by atomic mass is 10.1. The van der Waals surface area contributed by atoms with Crippen molar-refractivity contribution >= 4 is 35.5 Å². The molecule has 2 atom stereocenters. The molecule has 0 aromatic rings. The van der Waals surface area contributed by atoms with Gasteiger partial charge in [0.05, 0.1) is 0 Å². The normalized spacial score (nSPS) is 13.2. The van der Waals surface area contributed by atoms with Crippen molar-refractivity contribution in [2.24, 2.45) is 5.73 Å². The number of carbonyl (C=O) groups is 4. The summed E-state index contributed by atoms with van der Waals surface area (Å²) in [4.78, 5) is 44.8. The first-order valence-corrected chi connectivity index (χ1v) is 8.07. The van der Waals surface area contributed by atoms with Gasteiger partial charge in [-0.2, -0.15) is 11.8 Å². The SMILES string of the molecule is CC(C)SC[C@H](NC(=O)CCC(N)C(=O)O)C(=O)NCC(=O)O. The minimum Gasteiger partial charge on any atom is -0.480 e. The van der Waals surface area contributed by atoms with Crippen LogP contribution >= 0.6 is 11.8 Å². The minimum atomic E-state index is -1.20. The average Bonchev–Trinajstić information content (AvgIpc) is 2.45. The molecule has 0 aliphatic carbocycles. The van der Waals surface area contributed by atoms with Crippen molar-refractivity contribution in [3.05, 3.63) is 0 Å². The second kappa shape index (κ2) is 10.8. The van der Waals surface area contributed by atoms with Gasteiger partial charge in [-0.25, -0.2) is 0 Å². The zero-order valence-electron chi connectivity index (χ0n) is 13.1. The van der Waals surface area contributed by atoms with E-state index in [4.69, 9.17) is 15.9 Å². The maximum absolute atomic E-state index is 11.9. The molecule has 0 fully saturated rings. The van der Waals surface area contributed by atoms with E-state index in [0.29, 0.717) is 0 Å². The summed E-state index contributed by atoms with van der Waals surface area (Å²) in [6.07, 6.45) is -0.190. The topological polar surface area (TPSA) is 159 Å². The molecule has 6 N–H and O–H groups in total. The lowest BCUT2D eigenvalue weighted by Gasteiger charge is -2.19. The first kappa shape index (κ1) is 21.2. The lowest BCUT2D eigenvalue weighted by Crippen LogP contribution is -2.49. The third-order valence-corrected chi connectivity index (χ3v) is 3.85. The molecule has 0 aromatic heterocycles. The molecule has 0 bridgehead atoms. The second-order valence-corrected chi connectivity index (χ2v) is 6.71. The van der Waals surface area contributed by atoms with Gasteiger partial charge >= 0.3 is 11.9 Å². The molecule has 0 saturated heterocycles. The third kappa shape index (κ3) is 10.5. The molecule has 0 heterocycles. The number of nitrogens with one attached hydrogen (secondary N) is 2. The Hall–Kier alpha value is -1.81. The van der Waals surface area contributed by atoms with Gasteiger partial charge in [0, 0.05) is 12.2 Å². The highest BCUT2D eigenvalue weighted by molar-refractivity contribution is 7.99. The molecular weight excluding hydrogens is 326 g/mol. The van der Waals surface area contributed by atoms with Crippen LogP contribution in [0.1, 0.15) is 26.7 Å². The number of hydrogen-bond acceptors (Lipinski definition) is 6. The molecule has 2 amide bonds. The fraction of sp³-hybridized carbons (Fsp3) is 0.692. The van der Waals surface area contributed by atoms with Crippen LogP contribution in [0.5, 0.6) is 0 Å². The summed E-state index contributed by atoms with van der Waals surface area (Å²) in [6.45, 7) is 3.30. The predicted octanol–water partition coefficient (Wildman–Crippen LogP) is -0.994. The summed E-state index contributed by atoms with van der Waals surface area (Å²) in [5.74, 6) is -3.23. The quantitative estimate of drug-likeness (QED) is 0.318. The molecule has 0 radical (unpaired) electrons. The molecule has 0 saturated carbocycles. The maximum Gasteiger partial charge on any atom is 0.322 e. The smallest absolute Gasteiger partial charge is 0.322 e. The summed E-state index contributed by atoms with van der Waals surface area (Å²) in [6, 6.07) is -2.04. The maximum atomic E-state index is 11.9. The summed E-state index contributed by atoms with van der Waals surface area (Å²) >= 11 is 1.43. The van der Waals surface area contributed by atoms with Gasteiger partial charge in [-0.05, 0) is 11.7 Å². The monoisotopic (exact) mass is 349 g/mol. The van der Waals surface area contributed by atoms with Gasteiger partial charge in [0.25, 0.3) is 0 Å². The van der Waals surface area contributed by atoms with E-state index in [-0.39, 0.29) is 23.8 Å². The Morgan fingerprint density at radius 2 is 1.78 bits per heavy atom. The molecule has 10 heteroatoms. The highest BCUT2D eigenvalue weighted by atomic mass is 32.2. The van der Waals surface area contributed by atoms with Crippen LogP contribution in [-0.2, 0) is 19.2 Å². The summed E-state index contributed by atoms with van der Waals surface area (Å²) in [5, 5.41) is 22.1. The van der Waals surface area contributed by atoms with Gasteiger partial charge in [0.2, 0.25) is 11.8 Å². The molecule has 132 valence electrons. The summed E-state index contributed by atoms with van der Waals surface area (Å²) in [5.41, 5.74) is 5.31. The Morgan fingerprint density at radius 1 is 1.17 bits per heavy atom. The molecule has 0 aromatic carbocycles. The third-order valence-electron chi connectivity index (χ3n) is 2.66. The Labute approximate surface area is 138 Å². The molecule has 9 nitrogen and oxygen atoms in total. The Morgan fingerprint density at radius 3 is 2.26 bits per heavy atom. The van der Waals surface area contributed by atoms with E-state index in [1.54, 1.807) is 0 Å². The average molecular weight is 349 g/mol. The van der Waals surface area contributed by atoms with Crippen LogP contribution in [0, 0.1) is 0 Å². The Kier molecular flexibility index (Phi) is 9.99. The first-order valence-electron chi connectivity index (χ1n) is 7.02. The number of carboxylic acid groups (broad SMARTS) is 2. The molecule has 1 unspecified atom stereocenters. The van der Waals surface area contributed by atoms with E-state index in [9.17, 15) is 19.2 Å². The van der Waals surface area contributed by atoms with Gasteiger partial charge in [0.1, 0.15) is 18.6 Å². The highest BCUT2D eigenvalue weighted by Gasteiger charge is 2.22. The number of thioether (sulfide) groups is 1. The highest BCUT2D eigenvalue weighted by Crippen LogP contribution is 2.11. The number of carboxylic acids is 2. The van der Waals surface area contributed by atoms with Crippen molar-refractivity contribution in [3.8, 4) is 0 Å². The molecular formula is C13H23N3O6S. The van der Waals surface area contributed by atoms with Gasteiger partial charge in [-0.3, -0.25) is 19.2 Å². The zero-order valence-corrected chi connectivity index (χ0v) is 13.9. The van der Waals surface area contributed by atoms with Crippen molar-refractivity contribution in [3.63, 3.8) is 0 Å². The van der Waals surface area contributed by atoms with Gasteiger partial charge in [0.15, 0.2) is 0 Å². The fourth-order valence-electron chi connectivity index (χ4n) is 1.43. The van der Waals surface area contributed by atoms with Gasteiger partial charge in [-0.1, -0.05) is 13.8 Å². The lowest BCUT2D eigenvalue weighted by molar-refractivity contribution is -0.139. The van der Waals surface area contributed by atoms with Crippen LogP contribution in [0.4, 0.5) is 0 Å². The molecule has 0 rings (SSSR count). The molecule has 0 aliphatic heterocycles. The van der Waals surface area contributed by atoms with Crippen molar-refractivity contribution in [2.75, 3.05) is 12.3 Å². The standard InChI is InChI=1S/C13H23N3O6S/c1-7(2)23-6-9(12(20)15-5-11(18)19)16-10(17)4-3-8(14)13(21)22/h7-9H,3-6,14H2,1-2H3,(H,15,20)(H,16,17)(H,18,19)(H,21,22)/t8?,9-/m0/s1. The van der Waals surface area contributed by atoms with Crippen LogP contribution in [0.15, 0.2) is 0 Å². The zero-order chi connectivity index (χ0) is 18.0. The number of nitrogens with two attached hydrogens (primary N) is 1. The van der Waals surface area contributed by atoms with E-state index >= 15 is 0 Å². The molecule has 0 spiro atoms. The second-order valence-electron chi connectivity index (χ2n) is 5.10. The number of rotatable bonds is 11.